The highest BCUT2D eigenvalue weighted by atomic mass is 16.6. The van der Waals surface area contributed by atoms with Crippen LogP contribution in [0.25, 0.3) is 0 Å². The van der Waals surface area contributed by atoms with Crippen LogP contribution in [0.5, 0.6) is 0 Å². The van der Waals surface area contributed by atoms with Gasteiger partial charge in [-0.15, -0.1) is 0 Å². The molecule has 0 bridgehead atoms. The van der Waals surface area contributed by atoms with Crippen molar-refractivity contribution in [2.75, 3.05) is 57.6 Å². The smallest absolute Gasteiger partial charge is 0.409 e. The highest BCUT2D eigenvalue weighted by molar-refractivity contribution is 5.94. The second-order valence-electron chi connectivity index (χ2n) is 11.8. The minimum absolute atomic E-state index is 0.0584. The highest BCUT2D eigenvalue weighted by Gasteiger charge is 2.29. The van der Waals surface area contributed by atoms with Crippen LogP contribution in [0, 0.1) is 12.8 Å². The van der Waals surface area contributed by atoms with Crippen LogP contribution in [-0.2, 0) is 22.5 Å². The number of piperazine rings is 1. The Morgan fingerprint density at radius 2 is 1.85 bits per heavy atom. The molecule has 2 amide bonds. The van der Waals surface area contributed by atoms with Crippen LogP contribution in [-0.4, -0.2) is 81.3 Å². The average Bonchev–Trinajstić information content (AvgIpc) is 2.94. The number of aryl methyl sites for hydroxylation is 1. The number of anilines is 2. The van der Waals surface area contributed by atoms with Gasteiger partial charge in [-0.3, -0.25) is 9.69 Å². The molecule has 2 aromatic rings. The lowest BCUT2D eigenvalue weighted by Gasteiger charge is -2.33. The first-order valence-corrected chi connectivity index (χ1v) is 14.7. The quantitative estimate of drug-likeness (QED) is 0.474. The van der Waals surface area contributed by atoms with Crippen LogP contribution in [0.3, 0.4) is 0 Å². The molecule has 1 saturated carbocycles. The fourth-order valence-electron chi connectivity index (χ4n) is 5.79. The maximum absolute atomic E-state index is 13.4. The van der Waals surface area contributed by atoms with Crippen molar-refractivity contribution in [3.05, 3.63) is 59.2 Å². The van der Waals surface area contributed by atoms with Crippen molar-refractivity contribution < 1.29 is 14.3 Å². The first kappa shape index (κ1) is 29.9. The number of nitrogens with zero attached hydrogens (tertiary/aromatic N) is 3. The molecular weight excluding hydrogens is 502 g/mol. The molecule has 2 aromatic carbocycles. The standard InChI is InChI=1S/C32H47N5O3/c1-23-19-30(14-11-27(23)22-37-17-16-33-24(2)21-37)36(5)31(38)26-9-12-28(13-10-26)34-29-8-6-7-25(20-29)15-18-40-32(39)35(3)4/h6-8,11,14,19-20,24,26,28,33-34H,9-10,12-13,15-18,21-22H2,1-5H3/t24-,26?,28?/m0/s1. The fourth-order valence-corrected chi connectivity index (χ4v) is 5.79. The summed E-state index contributed by atoms with van der Waals surface area (Å²) < 4.78 is 5.26. The number of amides is 2. The van der Waals surface area contributed by atoms with Gasteiger partial charge in [0.2, 0.25) is 5.91 Å². The lowest BCUT2D eigenvalue weighted by molar-refractivity contribution is -0.123. The van der Waals surface area contributed by atoms with Crippen LogP contribution in [0.2, 0.25) is 0 Å². The third-order valence-electron chi connectivity index (χ3n) is 8.25. The predicted molar refractivity (Wildman–Crippen MR) is 162 cm³/mol. The Morgan fingerprint density at radius 1 is 1.07 bits per heavy atom. The molecule has 2 fully saturated rings. The van der Waals surface area contributed by atoms with Crippen molar-refractivity contribution in [3.63, 3.8) is 0 Å². The molecule has 8 nitrogen and oxygen atoms in total. The van der Waals surface area contributed by atoms with Gasteiger partial charge in [-0.1, -0.05) is 18.2 Å². The van der Waals surface area contributed by atoms with Gasteiger partial charge in [0.15, 0.2) is 0 Å². The molecular formula is C32H47N5O3. The number of ether oxygens (including phenoxy) is 1. The summed E-state index contributed by atoms with van der Waals surface area (Å²) in [6.45, 7) is 8.89. The van der Waals surface area contributed by atoms with Gasteiger partial charge in [-0.25, -0.2) is 4.79 Å². The minimum atomic E-state index is -0.320. The first-order valence-electron chi connectivity index (χ1n) is 14.7. The highest BCUT2D eigenvalue weighted by Crippen LogP contribution is 2.30. The molecule has 218 valence electrons. The zero-order chi connectivity index (χ0) is 28.6. The van der Waals surface area contributed by atoms with E-state index in [1.165, 1.54) is 16.0 Å². The zero-order valence-electron chi connectivity index (χ0n) is 24.9. The van der Waals surface area contributed by atoms with E-state index in [0.29, 0.717) is 25.1 Å². The maximum Gasteiger partial charge on any atom is 0.409 e. The minimum Gasteiger partial charge on any atom is -0.449 e. The molecule has 1 aliphatic carbocycles. The molecule has 40 heavy (non-hydrogen) atoms. The SMILES string of the molecule is Cc1cc(N(C)C(=O)C2CCC(Nc3cccc(CCOC(=O)N(C)C)c3)CC2)ccc1CN1CCN[C@@H](C)C1. The number of carbonyl (C=O) groups excluding carboxylic acids is 2. The van der Waals surface area contributed by atoms with Gasteiger partial charge >= 0.3 is 6.09 Å². The van der Waals surface area contributed by atoms with Crippen LogP contribution in [0.15, 0.2) is 42.5 Å². The fraction of sp³-hybridized carbons (Fsp3) is 0.562. The Balaban J connectivity index is 1.24. The van der Waals surface area contributed by atoms with Crippen molar-refractivity contribution in [2.45, 2.75) is 64.6 Å². The third-order valence-corrected chi connectivity index (χ3v) is 8.25. The number of carbonyl (C=O) groups is 2. The van der Waals surface area contributed by atoms with E-state index in [9.17, 15) is 9.59 Å². The van der Waals surface area contributed by atoms with Gasteiger partial charge in [0.1, 0.15) is 0 Å². The molecule has 2 aliphatic rings. The van der Waals surface area contributed by atoms with E-state index in [4.69, 9.17) is 4.74 Å². The van der Waals surface area contributed by atoms with Gasteiger partial charge < -0.3 is 25.2 Å². The molecule has 1 heterocycles. The molecule has 2 N–H and O–H groups in total. The van der Waals surface area contributed by atoms with E-state index in [2.05, 4.69) is 65.8 Å². The summed E-state index contributed by atoms with van der Waals surface area (Å²) in [5, 5.41) is 7.16. The number of rotatable bonds is 9. The van der Waals surface area contributed by atoms with Gasteiger partial charge in [-0.2, -0.15) is 0 Å². The molecule has 1 saturated heterocycles. The van der Waals surface area contributed by atoms with Crippen molar-refractivity contribution in [2.24, 2.45) is 5.92 Å². The van der Waals surface area contributed by atoms with Crippen LogP contribution in [0.1, 0.15) is 49.3 Å². The van der Waals surface area contributed by atoms with Gasteiger partial charge in [0.05, 0.1) is 6.61 Å². The molecule has 0 spiro atoms. The number of benzene rings is 2. The van der Waals surface area contributed by atoms with Gasteiger partial charge in [0.25, 0.3) is 0 Å². The number of hydrogen-bond donors (Lipinski definition) is 2. The molecule has 8 heteroatoms. The second-order valence-corrected chi connectivity index (χ2v) is 11.8. The van der Waals surface area contributed by atoms with E-state index in [1.807, 2.05) is 18.0 Å². The molecule has 1 aliphatic heterocycles. The van der Waals surface area contributed by atoms with E-state index in [1.54, 1.807) is 14.1 Å². The van der Waals surface area contributed by atoms with E-state index >= 15 is 0 Å². The second kappa shape index (κ2) is 14.0. The largest absolute Gasteiger partial charge is 0.449 e. The number of hydrogen-bond acceptors (Lipinski definition) is 6. The Labute approximate surface area is 240 Å². The van der Waals surface area contributed by atoms with Crippen molar-refractivity contribution in [1.29, 1.82) is 0 Å². The molecule has 0 unspecified atom stereocenters. The summed E-state index contributed by atoms with van der Waals surface area (Å²) in [7, 11) is 5.28. The summed E-state index contributed by atoms with van der Waals surface area (Å²) >= 11 is 0. The topological polar surface area (TPSA) is 77.2 Å². The summed E-state index contributed by atoms with van der Waals surface area (Å²) in [5.41, 5.74) is 5.77. The summed E-state index contributed by atoms with van der Waals surface area (Å²) in [6, 6.07) is 15.6. The van der Waals surface area contributed by atoms with E-state index in [-0.39, 0.29) is 17.9 Å². The first-order chi connectivity index (χ1) is 19.2. The normalized spacial score (nSPS) is 21.5. The van der Waals surface area contributed by atoms with E-state index < -0.39 is 0 Å². The van der Waals surface area contributed by atoms with Crippen molar-refractivity contribution in [1.82, 2.24) is 15.1 Å². The lowest BCUT2D eigenvalue weighted by atomic mass is 9.85. The molecule has 1 atom stereocenters. The molecule has 4 rings (SSSR count). The maximum atomic E-state index is 13.4. The Morgan fingerprint density at radius 3 is 2.55 bits per heavy atom. The average molecular weight is 550 g/mol. The zero-order valence-corrected chi connectivity index (χ0v) is 24.9. The molecule has 0 aromatic heterocycles. The number of nitrogens with one attached hydrogen (secondary N) is 2. The van der Waals surface area contributed by atoms with Crippen LogP contribution < -0.4 is 15.5 Å². The summed E-state index contributed by atoms with van der Waals surface area (Å²) in [6.07, 6.45) is 4.07. The van der Waals surface area contributed by atoms with Crippen molar-refractivity contribution >= 4 is 23.4 Å². The van der Waals surface area contributed by atoms with Gasteiger partial charge in [-0.05, 0) is 80.5 Å². The third kappa shape index (κ3) is 8.21. The summed E-state index contributed by atoms with van der Waals surface area (Å²) in [4.78, 5) is 30.8. The molecule has 0 radical (unpaired) electrons. The lowest BCUT2D eigenvalue weighted by Crippen LogP contribution is -2.48. The Kier molecular flexibility index (Phi) is 10.5. The van der Waals surface area contributed by atoms with Crippen LogP contribution >= 0.6 is 0 Å². The Hall–Kier alpha value is -3.10. The predicted octanol–water partition coefficient (Wildman–Crippen LogP) is 4.66. The van der Waals surface area contributed by atoms with Crippen molar-refractivity contribution in [3.8, 4) is 0 Å². The monoisotopic (exact) mass is 549 g/mol. The van der Waals surface area contributed by atoms with E-state index in [0.717, 1.165) is 68.8 Å². The van der Waals surface area contributed by atoms with Crippen LogP contribution in [0.4, 0.5) is 16.2 Å². The summed E-state index contributed by atoms with van der Waals surface area (Å²) in [5.74, 6) is 0.277. The Bertz CT molecular complexity index is 1150. The van der Waals surface area contributed by atoms with Gasteiger partial charge in [0, 0.05) is 83.1 Å².